The van der Waals surface area contributed by atoms with Crippen molar-refractivity contribution in [2.24, 2.45) is 0 Å². The largest absolute Gasteiger partial charge is 0.484 e. The number of nitrogens with one attached hydrogen (secondary N) is 2. The van der Waals surface area contributed by atoms with Gasteiger partial charge in [0.05, 0.1) is 0 Å². The molecule has 0 saturated heterocycles. The summed E-state index contributed by atoms with van der Waals surface area (Å²) in [6.45, 7) is 6.84. The summed E-state index contributed by atoms with van der Waals surface area (Å²) in [5.74, 6) is 1.12. The lowest BCUT2D eigenvalue weighted by Crippen LogP contribution is -2.32. The van der Waals surface area contributed by atoms with Gasteiger partial charge in [-0.05, 0) is 36.6 Å². The van der Waals surface area contributed by atoms with Gasteiger partial charge in [0.2, 0.25) is 0 Å². The first-order chi connectivity index (χ1) is 10.1. The van der Waals surface area contributed by atoms with E-state index in [2.05, 4.69) is 36.6 Å². The van der Waals surface area contributed by atoms with Crippen molar-refractivity contribution in [2.75, 3.05) is 26.2 Å². The molecule has 0 bridgehead atoms. The number of ether oxygens (including phenoxy) is 1. The van der Waals surface area contributed by atoms with Crippen LogP contribution in [0.5, 0.6) is 5.75 Å². The van der Waals surface area contributed by atoms with E-state index in [1.807, 2.05) is 18.2 Å². The Kier molecular flexibility index (Phi) is 7.99. The van der Waals surface area contributed by atoms with Crippen molar-refractivity contribution in [1.82, 2.24) is 10.6 Å². The first kappa shape index (κ1) is 18.5. The topological polar surface area (TPSA) is 50.4 Å². The van der Waals surface area contributed by atoms with Crippen LogP contribution in [0.4, 0.5) is 0 Å². The van der Waals surface area contributed by atoms with Crippen LogP contribution in [-0.2, 0) is 4.79 Å². The molecule has 0 spiro atoms. The van der Waals surface area contributed by atoms with Crippen LogP contribution in [-0.4, -0.2) is 32.1 Å². The van der Waals surface area contributed by atoms with Gasteiger partial charge in [-0.15, -0.1) is 12.4 Å². The van der Waals surface area contributed by atoms with Gasteiger partial charge < -0.3 is 15.4 Å². The highest BCUT2D eigenvalue weighted by atomic mass is 35.5. The number of carbonyl (C=O) groups is 1. The molecule has 4 nitrogen and oxygen atoms in total. The lowest BCUT2D eigenvalue weighted by Gasteiger charge is -2.15. The second kappa shape index (κ2) is 9.49. The van der Waals surface area contributed by atoms with E-state index in [4.69, 9.17) is 4.74 Å². The summed E-state index contributed by atoms with van der Waals surface area (Å²) in [6.07, 6.45) is 3.13. The molecule has 0 atom stereocenters. The molecule has 1 heterocycles. The molecule has 22 heavy (non-hydrogen) atoms. The van der Waals surface area contributed by atoms with Crippen molar-refractivity contribution < 1.29 is 9.53 Å². The van der Waals surface area contributed by atoms with Crippen molar-refractivity contribution >= 4 is 18.3 Å². The van der Waals surface area contributed by atoms with Crippen LogP contribution in [0.15, 0.2) is 35.9 Å². The molecule has 0 unspecified atom stereocenters. The fourth-order valence-electron chi connectivity index (χ4n) is 2.21. The van der Waals surface area contributed by atoms with E-state index in [1.54, 1.807) is 0 Å². The molecule has 2 N–H and O–H groups in total. The van der Waals surface area contributed by atoms with E-state index in [1.165, 1.54) is 11.1 Å². The van der Waals surface area contributed by atoms with Crippen LogP contribution in [0.25, 0.3) is 0 Å². The highest BCUT2D eigenvalue weighted by Crippen LogP contribution is 2.19. The molecular weight excluding hydrogens is 300 g/mol. The predicted octanol–water partition coefficient (Wildman–Crippen LogP) is 2.65. The minimum Gasteiger partial charge on any atom is -0.484 e. The normalized spacial score (nSPS) is 14.0. The van der Waals surface area contributed by atoms with Gasteiger partial charge in [-0.2, -0.15) is 0 Å². The van der Waals surface area contributed by atoms with Gasteiger partial charge in [-0.1, -0.05) is 37.6 Å². The summed E-state index contributed by atoms with van der Waals surface area (Å²) in [5.41, 5.74) is 2.50. The highest BCUT2D eigenvalue weighted by molar-refractivity contribution is 5.85. The molecule has 2 rings (SSSR count). The molecule has 0 aromatic heterocycles. The zero-order valence-electron chi connectivity index (χ0n) is 13.2. The Labute approximate surface area is 138 Å². The molecule has 1 aliphatic heterocycles. The van der Waals surface area contributed by atoms with Crippen molar-refractivity contribution in [3.05, 3.63) is 41.5 Å². The van der Waals surface area contributed by atoms with Crippen molar-refractivity contribution in [2.45, 2.75) is 26.2 Å². The second-order valence-corrected chi connectivity index (χ2v) is 5.61. The highest BCUT2D eigenvalue weighted by Gasteiger charge is 2.07. The third-order valence-electron chi connectivity index (χ3n) is 3.57. The Bertz CT molecular complexity index is 515. The maximum Gasteiger partial charge on any atom is 0.258 e. The summed E-state index contributed by atoms with van der Waals surface area (Å²) in [6, 6.07) is 7.91. The number of halogens is 1. The lowest BCUT2D eigenvalue weighted by molar-refractivity contribution is -0.122. The third kappa shape index (κ3) is 6.08. The Hall–Kier alpha value is -1.52. The van der Waals surface area contributed by atoms with E-state index >= 15 is 0 Å². The summed E-state index contributed by atoms with van der Waals surface area (Å²) in [5, 5.41) is 6.15. The first-order valence-corrected chi connectivity index (χ1v) is 7.53. The minimum absolute atomic E-state index is 0. The molecule has 1 aromatic carbocycles. The molecule has 1 amide bonds. The minimum atomic E-state index is -0.0793. The Morgan fingerprint density at radius 2 is 2.23 bits per heavy atom. The maximum absolute atomic E-state index is 11.8. The van der Waals surface area contributed by atoms with Crippen LogP contribution in [0, 0.1) is 0 Å². The Morgan fingerprint density at radius 1 is 1.41 bits per heavy atom. The van der Waals surface area contributed by atoms with E-state index < -0.39 is 0 Å². The predicted molar refractivity (Wildman–Crippen MR) is 91.9 cm³/mol. The molecule has 0 radical (unpaired) electrons. The van der Waals surface area contributed by atoms with Gasteiger partial charge in [0.1, 0.15) is 5.75 Å². The van der Waals surface area contributed by atoms with Gasteiger partial charge >= 0.3 is 0 Å². The van der Waals surface area contributed by atoms with Crippen molar-refractivity contribution in [1.29, 1.82) is 0 Å². The van der Waals surface area contributed by atoms with Crippen LogP contribution in [0.2, 0.25) is 0 Å². The number of rotatable bonds is 6. The van der Waals surface area contributed by atoms with Crippen LogP contribution < -0.4 is 15.4 Å². The molecule has 122 valence electrons. The molecule has 1 aromatic rings. The van der Waals surface area contributed by atoms with Gasteiger partial charge in [0.15, 0.2) is 6.61 Å². The number of amides is 1. The van der Waals surface area contributed by atoms with Gasteiger partial charge in [0, 0.05) is 13.1 Å². The van der Waals surface area contributed by atoms with Gasteiger partial charge in [-0.25, -0.2) is 0 Å². The van der Waals surface area contributed by atoms with Gasteiger partial charge in [-0.3, -0.25) is 4.79 Å². The summed E-state index contributed by atoms with van der Waals surface area (Å²) in [7, 11) is 0. The molecular formula is C17H25ClN2O2. The monoisotopic (exact) mass is 324 g/mol. The average molecular weight is 325 g/mol. The number of carbonyl (C=O) groups excluding carboxylic acids is 1. The maximum atomic E-state index is 11.8. The molecule has 0 aliphatic carbocycles. The van der Waals surface area contributed by atoms with E-state index in [9.17, 15) is 4.79 Å². The standard InChI is InChI=1S/C17H24N2O2.ClH/c1-13(2)15-4-3-5-16(10-15)21-12-17(20)19-11-14-6-8-18-9-7-14;/h3-6,10,13,18H,7-9,11-12H2,1-2H3,(H,19,20);1H. The molecule has 0 saturated carbocycles. The van der Waals surface area contributed by atoms with E-state index in [0.717, 1.165) is 25.3 Å². The lowest BCUT2D eigenvalue weighted by atomic mass is 10.0. The Balaban J connectivity index is 0.00000242. The Morgan fingerprint density at radius 3 is 2.91 bits per heavy atom. The van der Waals surface area contributed by atoms with Gasteiger partial charge in [0.25, 0.3) is 5.91 Å². The SMILES string of the molecule is CC(C)c1cccc(OCC(=O)NCC2=CCNCC2)c1.Cl. The zero-order valence-corrected chi connectivity index (χ0v) is 14.0. The second-order valence-electron chi connectivity index (χ2n) is 5.61. The number of hydrogen-bond donors (Lipinski definition) is 2. The number of hydrogen-bond acceptors (Lipinski definition) is 3. The quantitative estimate of drug-likeness (QED) is 0.791. The smallest absolute Gasteiger partial charge is 0.258 e. The fraction of sp³-hybridized carbons (Fsp3) is 0.471. The first-order valence-electron chi connectivity index (χ1n) is 7.53. The summed E-state index contributed by atoms with van der Waals surface area (Å²) >= 11 is 0. The van der Waals surface area contributed by atoms with E-state index in [0.29, 0.717) is 12.5 Å². The number of benzene rings is 1. The average Bonchev–Trinajstić information content (AvgIpc) is 2.52. The fourth-order valence-corrected chi connectivity index (χ4v) is 2.21. The third-order valence-corrected chi connectivity index (χ3v) is 3.57. The van der Waals surface area contributed by atoms with Crippen molar-refractivity contribution in [3.8, 4) is 5.75 Å². The summed E-state index contributed by atoms with van der Waals surface area (Å²) in [4.78, 5) is 11.8. The molecule has 0 fully saturated rings. The molecule has 1 aliphatic rings. The van der Waals surface area contributed by atoms with Crippen LogP contribution in [0.3, 0.4) is 0 Å². The van der Waals surface area contributed by atoms with Crippen molar-refractivity contribution in [3.63, 3.8) is 0 Å². The zero-order chi connectivity index (χ0) is 15.1. The van der Waals surface area contributed by atoms with Crippen LogP contribution >= 0.6 is 12.4 Å². The van der Waals surface area contributed by atoms with E-state index in [-0.39, 0.29) is 24.9 Å². The summed E-state index contributed by atoms with van der Waals surface area (Å²) < 4.78 is 5.55. The molecule has 5 heteroatoms. The van der Waals surface area contributed by atoms with Crippen LogP contribution in [0.1, 0.15) is 31.7 Å².